The Balaban J connectivity index is 2.12. The monoisotopic (exact) mass is 207 g/mol. The van der Waals surface area contributed by atoms with E-state index in [1.54, 1.807) is 6.21 Å². The highest BCUT2D eigenvalue weighted by Crippen LogP contribution is 2.04. The van der Waals surface area contributed by atoms with Gasteiger partial charge in [-0.05, 0) is 19.4 Å². The van der Waals surface area contributed by atoms with E-state index in [0.717, 1.165) is 0 Å². The fourth-order valence-corrected chi connectivity index (χ4v) is 1.10. The van der Waals surface area contributed by atoms with Gasteiger partial charge in [-0.3, -0.25) is 0 Å². The predicted octanol–water partition coefficient (Wildman–Crippen LogP) is 2.53. The molecule has 0 aliphatic rings. The number of nitrogens with zero attached hydrogens (tertiary/aromatic N) is 1. The Bertz CT molecular complexity index is 293. The molecule has 0 saturated heterocycles. The van der Waals surface area contributed by atoms with Gasteiger partial charge in [0.25, 0.3) is 0 Å². The first-order chi connectivity index (χ1) is 7.33. The van der Waals surface area contributed by atoms with E-state index in [1.165, 1.54) is 11.1 Å². The molecule has 0 bridgehead atoms. The molecule has 0 unspecified atom stereocenters. The summed E-state index contributed by atoms with van der Waals surface area (Å²) in [5.74, 6) is 0. The standard InChI is InChI=1S/C12H17NO2/c1-3-13-15-9-8-14-10-12-6-4-11(2)5-7-12/h3-7H,8-10H2,1-2H3/b13-3+. The van der Waals surface area contributed by atoms with Crippen LogP contribution >= 0.6 is 0 Å². The first kappa shape index (κ1) is 11.7. The molecule has 0 saturated carbocycles. The zero-order chi connectivity index (χ0) is 10.9. The van der Waals surface area contributed by atoms with Crippen LogP contribution in [0, 0.1) is 6.92 Å². The maximum atomic E-state index is 5.41. The summed E-state index contributed by atoms with van der Waals surface area (Å²) in [5.41, 5.74) is 2.44. The molecule has 1 aromatic carbocycles. The highest BCUT2D eigenvalue weighted by atomic mass is 16.6. The Kier molecular flexibility index (Phi) is 5.48. The molecule has 0 radical (unpaired) electrons. The third kappa shape index (κ3) is 5.18. The first-order valence-electron chi connectivity index (χ1n) is 5.06. The van der Waals surface area contributed by atoms with E-state index >= 15 is 0 Å². The van der Waals surface area contributed by atoms with Gasteiger partial charge in [0.15, 0.2) is 0 Å². The van der Waals surface area contributed by atoms with Gasteiger partial charge in [-0.25, -0.2) is 0 Å². The number of aryl methyl sites for hydroxylation is 1. The van der Waals surface area contributed by atoms with Crippen molar-refractivity contribution in [1.29, 1.82) is 0 Å². The predicted molar refractivity (Wildman–Crippen MR) is 61.0 cm³/mol. The van der Waals surface area contributed by atoms with Gasteiger partial charge in [0, 0.05) is 6.21 Å². The minimum atomic E-state index is 0.496. The van der Waals surface area contributed by atoms with Crippen molar-refractivity contribution in [2.45, 2.75) is 20.5 Å². The van der Waals surface area contributed by atoms with Gasteiger partial charge in [0.05, 0.1) is 13.2 Å². The van der Waals surface area contributed by atoms with Crippen molar-refractivity contribution in [2.75, 3.05) is 13.2 Å². The maximum Gasteiger partial charge on any atom is 0.140 e. The van der Waals surface area contributed by atoms with E-state index < -0.39 is 0 Å². The molecule has 15 heavy (non-hydrogen) atoms. The molecule has 0 amide bonds. The summed E-state index contributed by atoms with van der Waals surface area (Å²) in [6, 6.07) is 8.30. The molecule has 1 rings (SSSR count). The van der Waals surface area contributed by atoms with Crippen LogP contribution in [0.5, 0.6) is 0 Å². The fourth-order valence-electron chi connectivity index (χ4n) is 1.10. The Hall–Kier alpha value is -1.35. The van der Waals surface area contributed by atoms with Crippen molar-refractivity contribution in [2.24, 2.45) is 5.16 Å². The summed E-state index contributed by atoms with van der Waals surface area (Å²) in [6.07, 6.45) is 1.61. The van der Waals surface area contributed by atoms with Crippen LogP contribution in [0.25, 0.3) is 0 Å². The molecule has 1 aromatic rings. The fraction of sp³-hybridized carbons (Fsp3) is 0.417. The van der Waals surface area contributed by atoms with Gasteiger partial charge >= 0.3 is 0 Å². The average Bonchev–Trinajstić information content (AvgIpc) is 2.26. The SMILES string of the molecule is C/C=N/OCCOCc1ccc(C)cc1. The molecule has 0 spiro atoms. The van der Waals surface area contributed by atoms with E-state index in [9.17, 15) is 0 Å². The maximum absolute atomic E-state index is 5.41. The molecule has 0 heterocycles. The van der Waals surface area contributed by atoms with Gasteiger partial charge in [-0.2, -0.15) is 0 Å². The summed E-state index contributed by atoms with van der Waals surface area (Å²) >= 11 is 0. The Morgan fingerprint density at radius 1 is 1.20 bits per heavy atom. The third-order valence-electron chi connectivity index (χ3n) is 1.89. The number of hydrogen-bond acceptors (Lipinski definition) is 3. The second kappa shape index (κ2) is 7.01. The van der Waals surface area contributed by atoms with E-state index in [-0.39, 0.29) is 0 Å². The van der Waals surface area contributed by atoms with Crippen molar-refractivity contribution in [3.05, 3.63) is 35.4 Å². The van der Waals surface area contributed by atoms with Gasteiger partial charge in [-0.1, -0.05) is 35.0 Å². The summed E-state index contributed by atoms with van der Waals surface area (Å²) in [7, 11) is 0. The summed E-state index contributed by atoms with van der Waals surface area (Å²) < 4.78 is 5.41. The van der Waals surface area contributed by atoms with Crippen molar-refractivity contribution in [1.82, 2.24) is 0 Å². The quantitative estimate of drug-likeness (QED) is 0.408. The second-order valence-electron chi connectivity index (χ2n) is 3.24. The lowest BCUT2D eigenvalue weighted by molar-refractivity contribution is 0.0438. The topological polar surface area (TPSA) is 30.8 Å². The van der Waals surface area contributed by atoms with Crippen LogP contribution in [0.4, 0.5) is 0 Å². The Labute approximate surface area is 90.7 Å². The van der Waals surface area contributed by atoms with Crippen LogP contribution < -0.4 is 0 Å². The number of ether oxygens (including phenoxy) is 1. The number of oxime groups is 1. The summed E-state index contributed by atoms with van der Waals surface area (Å²) in [6.45, 7) is 5.56. The smallest absolute Gasteiger partial charge is 0.140 e. The number of benzene rings is 1. The summed E-state index contributed by atoms with van der Waals surface area (Å²) in [5, 5.41) is 3.62. The van der Waals surface area contributed by atoms with Crippen molar-refractivity contribution >= 4 is 6.21 Å². The lowest BCUT2D eigenvalue weighted by Crippen LogP contribution is -2.01. The molecule has 82 valence electrons. The third-order valence-corrected chi connectivity index (χ3v) is 1.89. The second-order valence-corrected chi connectivity index (χ2v) is 3.24. The van der Waals surface area contributed by atoms with Crippen LogP contribution in [0.3, 0.4) is 0 Å². The van der Waals surface area contributed by atoms with Crippen LogP contribution in [0.15, 0.2) is 29.4 Å². The molecule has 3 heteroatoms. The molecule has 0 aliphatic heterocycles. The molecule has 3 nitrogen and oxygen atoms in total. The van der Waals surface area contributed by atoms with E-state index in [0.29, 0.717) is 19.8 Å². The molecule has 0 N–H and O–H groups in total. The van der Waals surface area contributed by atoms with Gasteiger partial charge in [0.1, 0.15) is 6.61 Å². The van der Waals surface area contributed by atoms with E-state index in [1.807, 2.05) is 6.92 Å². The zero-order valence-corrected chi connectivity index (χ0v) is 9.27. The zero-order valence-electron chi connectivity index (χ0n) is 9.27. The van der Waals surface area contributed by atoms with Crippen molar-refractivity contribution in [3.8, 4) is 0 Å². The van der Waals surface area contributed by atoms with E-state index in [4.69, 9.17) is 9.57 Å². The Morgan fingerprint density at radius 3 is 2.60 bits per heavy atom. The minimum Gasteiger partial charge on any atom is -0.394 e. The molecule has 0 fully saturated rings. The van der Waals surface area contributed by atoms with Gasteiger partial charge in [-0.15, -0.1) is 0 Å². The van der Waals surface area contributed by atoms with Crippen LogP contribution in [-0.4, -0.2) is 19.4 Å². The lowest BCUT2D eigenvalue weighted by Gasteiger charge is -2.03. The van der Waals surface area contributed by atoms with Crippen LogP contribution in [-0.2, 0) is 16.2 Å². The number of rotatable bonds is 6. The van der Waals surface area contributed by atoms with Crippen molar-refractivity contribution < 1.29 is 9.57 Å². The molecule has 0 aliphatic carbocycles. The lowest BCUT2D eigenvalue weighted by atomic mass is 10.2. The first-order valence-corrected chi connectivity index (χ1v) is 5.06. The molecule has 0 atom stereocenters. The van der Waals surface area contributed by atoms with Crippen LogP contribution in [0.1, 0.15) is 18.1 Å². The summed E-state index contributed by atoms with van der Waals surface area (Å²) in [4.78, 5) is 4.88. The van der Waals surface area contributed by atoms with Gasteiger partial charge < -0.3 is 9.57 Å². The minimum absolute atomic E-state index is 0.496. The van der Waals surface area contributed by atoms with Crippen LogP contribution in [0.2, 0.25) is 0 Å². The highest BCUT2D eigenvalue weighted by Gasteiger charge is 1.92. The normalized spacial score (nSPS) is 10.8. The molecular weight excluding hydrogens is 190 g/mol. The van der Waals surface area contributed by atoms with E-state index in [2.05, 4.69) is 36.3 Å². The Morgan fingerprint density at radius 2 is 1.93 bits per heavy atom. The molecular formula is C12H17NO2. The average molecular weight is 207 g/mol. The van der Waals surface area contributed by atoms with Gasteiger partial charge in [0.2, 0.25) is 0 Å². The largest absolute Gasteiger partial charge is 0.394 e. The highest BCUT2D eigenvalue weighted by molar-refractivity contribution is 5.52. The number of hydrogen-bond donors (Lipinski definition) is 0. The van der Waals surface area contributed by atoms with Crippen molar-refractivity contribution in [3.63, 3.8) is 0 Å². The molecule has 0 aromatic heterocycles.